The van der Waals surface area contributed by atoms with Crippen molar-refractivity contribution in [3.63, 3.8) is 0 Å². The number of carbonyl (C=O) groups is 2. The van der Waals surface area contributed by atoms with Crippen LogP contribution in [0.5, 0.6) is 11.5 Å². The van der Waals surface area contributed by atoms with Crippen molar-refractivity contribution in [2.24, 2.45) is 0 Å². The highest BCUT2D eigenvalue weighted by Gasteiger charge is 2.34. The van der Waals surface area contributed by atoms with Crippen LogP contribution < -0.4 is 20.1 Å². The van der Waals surface area contributed by atoms with Crippen molar-refractivity contribution >= 4 is 17.7 Å². The van der Waals surface area contributed by atoms with Gasteiger partial charge >= 0.3 is 12.0 Å². The molecule has 7 nitrogen and oxygen atoms in total. The molecule has 1 aliphatic heterocycles. The van der Waals surface area contributed by atoms with E-state index >= 15 is 0 Å². The zero-order valence-corrected chi connectivity index (χ0v) is 15.9. The van der Waals surface area contributed by atoms with Gasteiger partial charge in [0.15, 0.2) is 11.5 Å². The van der Waals surface area contributed by atoms with E-state index in [1.807, 2.05) is 37.3 Å². The number of urea groups is 1. The maximum atomic E-state index is 12.6. The molecular weight excluding hydrogens is 360 g/mol. The largest absolute Gasteiger partial charge is 0.493 e. The number of nitrogens with one attached hydrogen (secondary N) is 2. The Morgan fingerprint density at radius 1 is 1.07 bits per heavy atom. The average molecular weight is 382 g/mol. The number of esters is 1. The first-order valence-electron chi connectivity index (χ1n) is 8.85. The second-order valence-corrected chi connectivity index (χ2v) is 6.02. The molecule has 2 N–H and O–H groups in total. The fourth-order valence-corrected chi connectivity index (χ4v) is 3.12. The number of hydrogen-bond acceptors (Lipinski definition) is 5. The summed E-state index contributed by atoms with van der Waals surface area (Å²) in [6.45, 7) is 2.32. The van der Waals surface area contributed by atoms with Crippen LogP contribution in [0.1, 0.15) is 24.1 Å². The summed E-state index contributed by atoms with van der Waals surface area (Å²) in [5.74, 6) is 0.559. The van der Waals surface area contributed by atoms with E-state index in [1.165, 1.54) is 7.11 Å². The molecule has 2 aromatic carbocycles. The highest BCUT2D eigenvalue weighted by Crippen LogP contribution is 2.36. The van der Waals surface area contributed by atoms with Gasteiger partial charge in [-0.25, -0.2) is 9.59 Å². The van der Waals surface area contributed by atoms with Gasteiger partial charge in [-0.1, -0.05) is 36.4 Å². The molecule has 0 fully saturated rings. The molecule has 2 amide bonds. The Bertz CT molecular complexity index is 908. The molecule has 0 bridgehead atoms. The number of carbonyl (C=O) groups excluding carboxylic acids is 2. The van der Waals surface area contributed by atoms with Crippen LogP contribution in [-0.2, 0) is 9.53 Å². The second-order valence-electron chi connectivity index (χ2n) is 6.02. The van der Waals surface area contributed by atoms with Crippen LogP contribution in [0.15, 0.2) is 54.1 Å². The predicted molar refractivity (Wildman–Crippen MR) is 104 cm³/mol. The van der Waals surface area contributed by atoms with E-state index in [9.17, 15) is 9.59 Å². The van der Waals surface area contributed by atoms with Gasteiger partial charge in [-0.15, -0.1) is 0 Å². The third kappa shape index (κ3) is 3.78. The molecule has 1 heterocycles. The fourth-order valence-electron chi connectivity index (χ4n) is 3.12. The lowest BCUT2D eigenvalue weighted by molar-refractivity contribution is -0.136. The zero-order chi connectivity index (χ0) is 20.1. The summed E-state index contributed by atoms with van der Waals surface area (Å²) < 4.78 is 16.0. The first kappa shape index (κ1) is 19.3. The maximum Gasteiger partial charge on any atom is 0.338 e. The Balaban J connectivity index is 2.16. The molecule has 3 rings (SSSR count). The first-order valence-corrected chi connectivity index (χ1v) is 8.85. The van der Waals surface area contributed by atoms with E-state index in [0.29, 0.717) is 40.5 Å². The van der Waals surface area contributed by atoms with Crippen molar-refractivity contribution in [3.05, 3.63) is 65.2 Å². The lowest BCUT2D eigenvalue weighted by Gasteiger charge is -2.29. The summed E-state index contributed by atoms with van der Waals surface area (Å²) in [4.78, 5) is 25.0. The number of amides is 2. The Morgan fingerprint density at radius 3 is 2.46 bits per heavy atom. The second kappa shape index (κ2) is 8.47. The van der Waals surface area contributed by atoms with E-state index < -0.39 is 18.0 Å². The Hall–Kier alpha value is -3.48. The SMILES string of the molecule is CCOc1cc(C2NC(=O)NC(c3ccccc3)=C2C(=O)OC)ccc1OC. The molecule has 0 saturated carbocycles. The van der Waals surface area contributed by atoms with Crippen LogP contribution in [0.25, 0.3) is 5.70 Å². The van der Waals surface area contributed by atoms with Gasteiger partial charge in [0.25, 0.3) is 0 Å². The van der Waals surface area contributed by atoms with Crippen molar-refractivity contribution in [1.82, 2.24) is 10.6 Å². The standard InChI is InChI=1S/C21H22N2O5/c1-4-28-16-12-14(10-11-15(16)26-2)19-17(20(24)27-3)18(22-21(25)23-19)13-8-6-5-7-9-13/h5-12,19H,4H2,1-3H3,(H2,22,23,25). The fraction of sp³-hybridized carbons (Fsp3) is 0.238. The molecule has 0 saturated heterocycles. The zero-order valence-electron chi connectivity index (χ0n) is 15.9. The Morgan fingerprint density at radius 2 is 1.82 bits per heavy atom. The summed E-state index contributed by atoms with van der Waals surface area (Å²) in [6, 6.07) is 13.3. The lowest BCUT2D eigenvalue weighted by atomic mass is 9.92. The molecule has 1 atom stereocenters. The smallest absolute Gasteiger partial charge is 0.338 e. The number of benzene rings is 2. The van der Waals surface area contributed by atoms with Gasteiger partial charge in [0, 0.05) is 0 Å². The first-order chi connectivity index (χ1) is 13.6. The van der Waals surface area contributed by atoms with Crippen LogP contribution in [0.3, 0.4) is 0 Å². The summed E-state index contributed by atoms with van der Waals surface area (Å²) >= 11 is 0. The van der Waals surface area contributed by atoms with Gasteiger partial charge < -0.3 is 24.8 Å². The third-order valence-electron chi connectivity index (χ3n) is 4.36. The van der Waals surface area contributed by atoms with E-state index in [2.05, 4.69) is 10.6 Å². The summed E-state index contributed by atoms with van der Waals surface area (Å²) in [7, 11) is 2.86. The van der Waals surface area contributed by atoms with E-state index in [1.54, 1.807) is 25.3 Å². The molecule has 1 aliphatic rings. The van der Waals surface area contributed by atoms with Crippen LogP contribution in [0.4, 0.5) is 4.79 Å². The van der Waals surface area contributed by atoms with Crippen molar-refractivity contribution in [2.45, 2.75) is 13.0 Å². The van der Waals surface area contributed by atoms with Crippen molar-refractivity contribution in [3.8, 4) is 11.5 Å². The highest BCUT2D eigenvalue weighted by atomic mass is 16.5. The molecule has 0 radical (unpaired) electrons. The Kier molecular flexibility index (Phi) is 5.84. The number of rotatable bonds is 6. The molecule has 7 heteroatoms. The number of hydrogen-bond donors (Lipinski definition) is 2. The molecule has 0 spiro atoms. The van der Waals surface area contributed by atoms with Gasteiger partial charge in [0.05, 0.1) is 38.1 Å². The van der Waals surface area contributed by atoms with Gasteiger partial charge in [-0.3, -0.25) is 0 Å². The van der Waals surface area contributed by atoms with Gasteiger partial charge in [0.2, 0.25) is 0 Å². The van der Waals surface area contributed by atoms with Crippen LogP contribution in [-0.4, -0.2) is 32.8 Å². The maximum absolute atomic E-state index is 12.6. The quantitative estimate of drug-likeness (QED) is 0.750. The number of ether oxygens (including phenoxy) is 3. The Labute approximate surface area is 163 Å². The highest BCUT2D eigenvalue weighted by molar-refractivity contribution is 6.04. The van der Waals surface area contributed by atoms with Gasteiger partial charge in [-0.2, -0.15) is 0 Å². The average Bonchev–Trinajstić information content (AvgIpc) is 2.73. The van der Waals surface area contributed by atoms with Crippen LogP contribution in [0.2, 0.25) is 0 Å². The molecule has 0 aliphatic carbocycles. The van der Waals surface area contributed by atoms with Crippen molar-refractivity contribution in [1.29, 1.82) is 0 Å². The monoisotopic (exact) mass is 382 g/mol. The minimum Gasteiger partial charge on any atom is -0.493 e. The van der Waals surface area contributed by atoms with Gasteiger partial charge in [0.1, 0.15) is 0 Å². The summed E-state index contributed by atoms with van der Waals surface area (Å²) in [6.07, 6.45) is 0. The molecular formula is C21H22N2O5. The van der Waals surface area contributed by atoms with Gasteiger partial charge in [-0.05, 0) is 30.2 Å². The third-order valence-corrected chi connectivity index (χ3v) is 4.36. The minimum absolute atomic E-state index is 0.306. The molecule has 1 unspecified atom stereocenters. The lowest BCUT2D eigenvalue weighted by Crippen LogP contribution is -2.45. The molecule has 0 aromatic heterocycles. The van der Waals surface area contributed by atoms with E-state index in [4.69, 9.17) is 14.2 Å². The minimum atomic E-state index is -0.707. The van der Waals surface area contributed by atoms with Crippen LogP contribution in [0, 0.1) is 0 Å². The molecule has 2 aromatic rings. The topological polar surface area (TPSA) is 85.9 Å². The molecule has 28 heavy (non-hydrogen) atoms. The van der Waals surface area contributed by atoms with Crippen LogP contribution >= 0.6 is 0 Å². The normalized spacial score (nSPS) is 16.1. The summed E-state index contributed by atoms with van der Waals surface area (Å²) in [5.41, 5.74) is 2.10. The molecule has 146 valence electrons. The predicted octanol–water partition coefficient (Wildman–Crippen LogP) is 3.03. The number of methoxy groups -OCH3 is 2. The van der Waals surface area contributed by atoms with Crippen molar-refractivity contribution in [2.75, 3.05) is 20.8 Å². The van der Waals surface area contributed by atoms with Crippen molar-refractivity contribution < 1.29 is 23.8 Å². The van der Waals surface area contributed by atoms with E-state index in [0.717, 1.165) is 0 Å². The van der Waals surface area contributed by atoms with E-state index in [-0.39, 0.29) is 0 Å². The summed E-state index contributed by atoms with van der Waals surface area (Å²) in [5, 5.41) is 5.53.